The van der Waals surface area contributed by atoms with Crippen LogP contribution in [0.2, 0.25) is 10.0 Å². The lowest BCUT2D eigenvalue weighted by atomic mass is 10.1. The summed E-state index contributed by atoms with van der Waals surface area (Å²) in [5.41, 5.74) is 2.16. The molecule has 5 nitrogen and oxygen atoms in total. The Bertz CT molecular complexity index is 1380. The number of hydrogen-bond donors (Lipinski definition) is 1. The number of carbonyl (C=O) groups excluding carboxylic acids is 1. The van der Waals surface area contributed by atoms with Gasteiger partial charge in [-0.25, -0.2) is 0 Å². The lowest BCUT2D eigenvalue weighted by molar-refractivity contribution is -0.122. The van der Waals surface area contributed by atoms with Crippen LogP contribution >= 0.6 is 23.2 Å². The van der Waals surface area contributed by atoms with Gasteiger partial charge in [0.05, 0.1) is 10.4 Å². The van der Waals surface area contributed by atoms with Gasteiger partial charge in [0, 0.05) is 16.3 Å². The van der Waals surface area contributed by atoms with E-state index in [0.29, 0.717) is 26.9 Å². The highest BCUT2D eigenvalue weighted by atomic mass is 35.5. The predicted octanol–water partition coefficient (Wildman–Crippen LogP) is 6.74. The number of carbonyl (C=O) groups is 1. The van der Waals surface area contributed by atoms with Crippen molar-refractivity contribution >= 4 is 45.8 Å². The van der Waals surface area contributed by atoms with E-state index >= 15 is 0 Å². The molecule has 1 heterocycles. The quantitative estimate of drug-likeness (QED) is 0.331. The second-order valence-corrected chi connectivity index (χ2v) is 8.35. The Morgan fingerprint density at radius 3 is 2.48 bits per heavy atom. The Hall–Kier alpha value is -3.28. The molecule has 1 aromatic heterocycles. The first-order valence-corrected chi connectivity index (χ1v) is 11.2. The lowest BCUT2D eigenvalue weighted by Gasteiger charge is -2.17. The van der Waals surface area contributed by atoms with E-state index in [1.807, 2.05) is 24.3 Å². The van der Waals surface area contributed by atoms with Gasteiger partial charge in [-0.3, -0.25) is 9.59 Å². The summed E-state index contributed by atoms with van der Waals surface area (Å²) in [6, 6.07) is 19.2. The molecule has 3 aromatic carbocycles. The molecule has 0 saturated heterocycles. The van der Waals surface area contributed by atoms with Crippen LogP contribution in [0.5, 0.6) is 5.75 Å². The first-order chi connectivity index (χ1) is 15.9. The van der Waals surface area contributed by atoms with Crippen LogP contribution in [0.4, 0.5) is 5.69 Å². The fourth-order valence-electron chi connectivity index (χ4n) is 3.38. The summed E-state index contributed by atoms with van der Waals surface area (Å²) in [5.74, 6) is -0.371. The third kappa shape index (κ3) is 4.90. The highest BCUT2D eigenvalue weighted by Crippen LogP contribution is 2.36. The van der Waals surface area contributed by atoms with Gasteiger partial charge in [-0.1, -0.05) is 54.4 Å². The Labute approximate surface area is 200 Å². The van der Waals surface area contributed by atoms with E-state index in [0.717, 1.165) is 12.0 Å². The first-order valence-electron chi connectivity index (χ1n) is 10.4. The highest BCUT2D eigenvalue weighted by Gasteiger charge is 2.24. The number of nitrogens with one attached hydrogen (secondary N) is 1. The minimum absolute atomic E-state index is 0.109. The van der Waals surface area contributed by atoms with Gasteiger partial charge in [0.1, 0.15) is 5.58 Å². The van der Waals surface area contributed by atoms with Gasteiger partial charge >= 0.3 is 0 Å². The summed E-state index contributed by atoms with van der Waals surface area (Å²) in [7, 11) is 0. The Morgan fingerprint density at radius 2 is 1.79 bits per heavy atom. The maximum atomic E-state index is 13.4. The Morgan fingerprint density at radius 1 is 1.06 bits per heavy atom. The second-order valence-electron chi connectivity index (χ2n) is 7.51. The highest BCUT2D eigenvalue weighted by molar-refractivity contribution is 6.33. The molecule has 0 fully saturated rings. The molecule has 1 atom stereocenters. The van der Waals surface area contributed by atoms with E-state index in [9.17, 15) is 9.59 Å². The summed E-state index contributed by atoms with van der Waals surface area (Å²) in [4.78, 5) is 26.2. The molecule has 0 aliphatic heterocycles. The largest absolute Gasteiger partial charge is 0.473 e. The molecule has 1 amide bonds. The normalized spacial score (nSPS) is 11.9. The topological polar surface area (TPSA) is 68.5 Å². The van der Waals surface area contributed by atoms with Crippen molar-refractivity contribution in [1.82, 2.24) is 0 Å². The molecule has 0 aliphatic carbocycles. The molecule has 0 bridgehead atoms. The molecule has 4 rings (SSSR count). The van der Waals surface area contributed by atoms with E-state index in [1.54, 1.807) is 43.3 Å². The Balaban J connectivity index is 1.72. The van der Waals surface area contributed by atoms with E-state index in [1.165, 1.54) is 6.07 Å². The number of benzene rings is 3. The third-order valence-corrected chi connectivity index (χ3v) is 5.79. The third-order valence-electron chi connectivity index (χ3n) is 5.22. The fourth-order valence-corrected chi connectivity index (χ4v) is 3.77. The van der Waals surface area contributed by atoms with E-state index in [2.05, 4.69) is 12.2 Å². The van der Waals surface area contributed by atoms with Gasteiger partial charge in [-0.2, -0.15) is 0 Å². The monoisotopic (exact) mass is 481 g/mol. The van der Waals surface area contributed by atoms with Crippen molar-refractivity contribution in [1.29, 1.82) is 0 Å². The molecule has 168 valence electrons. The number of hydrogen-bond acceptors (Lipinski definition) is 4. The summed E-state index contributed by atoms with van der Waals surface area (Å²) < 4.78 is 11.9. The van der Waals surface area contributed by atoms with Crippen molar-refractivity contribution in [3.8, 4) is 17.1 Å². The molecule has 1 N–H and O–H groups in total. The zero-order valence-electron chi connectivity index (χ0n) is 18.0. The number of anilines is 1. The van der Waals surface area contributed by atoms with Gasteiger partial charge < -0.3 is 14.5 Å². The number of fused-ring (bicyclic) bond motifs is 1. The van der Waals surface area contributed by atoms with Crippen LogP contribution in [0.25, 0.3) is 22.3 Å². The lowest BCUT2D eigenvalue weighted by Crippen LogP contribution is -2.31. The minimum atomic E-state index is -0.989. The van der Waals surface area contributed by atoms with Crippen molar-refractivity contribution in [3.05, 3.63) is 92.6 Å². The fraction of sp³-hybridized carbons (Fsp3) is 0.154. The summed E-state index contributed by atoms with van der Waals surface area (Å²) >= 11 is 12.5. The van der Waals surface area contributed by atoms with Crippen molar-refractivity contribution in [3.63, 3.8) is 0 Å². The molecule has 0 spiro atoms. The summed E-state index contributed by atoms with van der Waals surface area (Å²) in [5, 5.41) is 3.82. The number of ether oxygens (including phenoxy) is 1. The predicted molar refractivity (Wildman–Crippen MR) is 132 cm³/mol. The zero-order valence-corrected chi connectivity index (χ0v) is 19.5. The standard InChI is InChI=1S/C26H21Cl2NO4/c1-3-16-8-11-18(12-9-16)29-26(31)15(2)32-25-23(30)20-14-17(27)10-13-22(20)33-24(25)19-6-4-5-7-21(19)28/h4-15H,3H2,1-2H3,(H,29,31)/t15-/m1/s1. The van der Waals surface area contributed by atoms with Crippen LogP contribution < -0.4 is 15.5 Å². The van der Waals surface area contributed by atoms with Gasteiger partial charge in [-0.05, 0) is 61.4 Å². The maximum Gasteiger partial charge on any atom is 0.265 e. The van der Waals surface area contributed by atoms with Crippen molar-refractivity contribution in [2.24, 2.45) is 0 Å². The molecule has 7 heteroatoms. The smallest absolute Gasteiger partial charge is 0.265 e. The molecule has 33 heavy (non-hydrogen) atoms. The van der Waals surface area contributed by atoms with Gasteiger partial charge in [0.15, 0.2) is 11.9 Å². The Kier molecular flexibility index (Phi) is 6.72. The average molecular weight is 482 g/mol. The summed E-state index contributed by atoms with van der Waals surface area (Å²) in [6.07, 6.45) is -0.0861. The van der Waals surface area contributed by atoms with Crippen LogP contribution in [0.1, 0.15) is 19.4 Å². The first kappa shape index (κ1) is 22.9. The van der Waals surface area contributed by atoms with Crippen molar-refractivity contribution in [2.75, 3.05) is 5.32 Å². The van der Waals surface area contributed by atoms with Crippen LogP contribution in [0.3, 0.4) is 0 Å². The van der Waals surface area contributed by atoms with Crippen LogP contribution in [0, 0.1) is 0 Å². The van der Waals surface area contributed by atoms with Gasteiger partial charge in [0.25, 0.3) is 5.91 Å². The number of amides is 1. The van der Waals surface area contributed by atoms with E-state index < -0.39 is 17.4 Å². The van der Waals surface area contributed by atoms with Crippen molar-refractivity contribution < 1.29 is 13.9 Å². The molecule has 0 aliphatic rings. The molecule has 0 saturated carbocycles. The van der Waals surface area contributed by atoms with Gasteiger partial charge in [0.2, 0.25) is 11.2 Å². The van der Waals surface area contributed by atoms with Crippen LogP contribution in [0.15, 0.2) is 75.9 Å². The number of rotatable bonds is 6. The maximum absolute atomic E-state index is 13.4. The molecule has 0 unspecified atom stereocenters. The molecular formula is C26H21Cl2NO4. The van der Waals surface area contributed by atoms with E-state index in [-0.39, 0.29) is 16.9 Å². The van der Waals surface area contributed by atoms with Crippen molar-refractivity contribution in [2.45, 2.75) is 26.4 Å². The second kappa shape index (κ2) is 9.69. The molecule has 0 radical (unpaired) electrons. The van der Waals surface area contributed by atoms with E-state index in [4.69, 9.17) is 32.4 Å². The molecule has 4 aromatic rings. The molecular weight excluding hydrogens is 461 g/mol. The van der Waals surface area contributed by atoms with Gasteiger partial charge in [-0.15, -0.1) is 0 Å². The van der Waals surface area contributed by atoms with Crippen LogP contribution in [-0.2, 0) is 11.2 Å². The number of aryl methyl sites for hydroxylation is 1. The zero-order chi connectivity index (χ0) is 23.5. The average Bonchev–Trinajstić information content (AvgIpc) is 2.82. The minimum Gasteiger partial charge on any atom is -0.473 e. The summed E-state index contributed by atoms with van der Waals surface area (Å²) in [6.45, 7) is 3.62. The number of halogens is 2. The SMILES string of the molecule is CCc1ccc(NC(=O)[C@@H](C)Oc2c(-c3ccccc3Cl)oc3ccc(Cl)cc3c2=O)cc1. The van der Waals surface area contributed by atoms with Crippen LogP contribution in [-0.4, -0.2) is 12.0 Å².